The zero-order valence-electron chi connectivity index (χ0n) is 18.3. The summed E-state index contributed by atoms with van der Waals surface area (Å²) in [6, 6.07) is 19.7. The van der Waals surface area contributed by atoms with Gasteiger partial charge in [0.1, 0.15) is 12.4 Å². The molecular weight excluding hydrogens is 374 g/mol. The Balaban J connectivity index is 0.000000222. The Morgan fingerprint density at radius 1 is 1.00 bits per heavy atom. The van der Waals surface area contributed by atoms with Crippen molar-refractivity contribution < 1.29 is 9.53 Å². The van der Waals surface area contributed by atoms with Crippen LogP contribution in [-0.2, 0) is 17.8 Å². The lowest BCUT2D eigenvalue weighted by atomic mass is 10.00. The van der Waals surface area contributed by atoms with Crippen LogP contribution in [0.15, 0.2) is 65.7 Å². The molecule has 1 fully saturated rings. The molecule has 5 nitrogen and oxygen atoms in total. The third kappa shape index (κ3) is 9.03. The van der Waals surface area contributed by atoms with Crippen LogP contribution >= 0.6 is 0 Å². The van der Waals surface area contributed by atoms with Gasteiger partial charge in [-0.1, -0.05) is 67.6 Å². The molecule has 0 atom stereocenters. The molecule has 30 heavy (non-hydrogen) atoms. The fourth-order valence-corrected chi connectivity index (χ4v) is 3.10. The maximum absolute atomic E-state index is 11.8. The van der Waals surface area contributed by atoms with Gasteiger partial charge in [0.2, 0.25) is 0 Å². The highest BCUT2D eigenvalue weighted by Crippen LogP contribution is 2.17. The number of nitrogens with zero attached hydrogens (tertiary/aromatic N) is 2. The number of likely N-dealkylation sites (tertiary alicyclic amines) is 1. The third-order valence-corrected chi connectivity index (χ3v) is 4.82. The van der Waals surface area contributed by atoms with Gasteiger partial charge >= 0.3 is 6.09 Å². The number of carbonyl (C=O) groups excluding carboxylic acids is 1. The van der Waals surface area contributed by atoms with Crippen LogP contribution in [0.1, 0.15) is 44.7 Å². The monoisotopic (exact) mass is 407 g/mol. The highest BCUT2D eigenvalue weighted by atomic mass is 16.6. The molecule has 1 amide bonds. The molecule has 1 heterocycles. The Kier molecular flexibility index (Phi) is 9.78. The second kappa shape index (κ2) is 12.6. The molecule has 1 saturated heterocycles. The summed E-state index contributed by atoms with van der Waals surface area (Å²) in [5.41, 5.74) is 3.10. The van der Waals surface area contributed by atoms with Crippen molar-refractivity contribution in [2.75, 3.05) is 13.1 Å². The van der Waals surface area contributed by atoms with E-state index in [-0.39, 0.29) is 6.09 Å². The fraction of sp³-hybridized carbons (Fsp3) is 0.400. The Hall–Kier alpha value is -2.95. The predicted molar refractivity (Wildman–Crippen MR) is 123 cm³/mol. The van der Waals surface area contributed by atoms with Gasteiger partial charge in [-0.25, -0.2) is 9.79 Å². The lowest BCUT2D eigenvalue weighted by molar-refractivity contribution is 0.0837. The van der Waals surface area contributed by atoms with Gasteiger partial charge in [-0.15, -0.1) is 0 Å². The van der Waals surface area contributed by atoms with Gasteiger partial charge in [0.15, 0.2) is 0 Å². The van der Waals surface area contributed by atoms with Crippen LogP contribution in [-0.4, -0.2) is 35.6 Å². The smallest absolute Gasteiger partial charge is 0.410 e. The van der Waals surface area contributed by atoms with E-state index < -0.39 is 0 Å². The quantitative estimate of drug-likeness (QED) is 0.518. The number of amides is 1. The minimum absolute atomic E-state index is 0.180. The summed E-state index contributed by atoms with van der Waals surface area (Å²) in [5, 5.41) is 7.57. The summed E-state index contributed by atoms with van der Waals surface area (Å²) in [5.74, 6) is 1.15. The Labute approximate surface area is 180 Å². The molecule has 0 saturated carbocycles. The predicted octanol–water partition coefficient (Wildman–Crippen LogP) is 5.74. The molecule has 5 heteroatoms. The molecule has 1 N–H and O–H groups in total. The van der Waals surface area contributed by atoms with E-state index in [1.165, 1.54) is 0 Å². The number of rotatable bonds is 4. The maximum atomic E-state index is 11.8. The van der Waals surface area contributed by atoms with Gasteiger partial charge in [0.05, 0.1) is 0 Å². The first-order valence-corrected chi connectivity index (χ1v) is 10.5. The van der Waals surface area contributed by atoms with Crippen LogP contribution < -0.4 is 0 Å². The average molecular weight is 408 g/mol. The van der Waals surface area contributed by atoms with Crippen molar-refractivity contribution in [1.82, 2.24) is 4.90 Å². The van der Waals surface area contributed by atoms with Crippen molar-refractivity contribution in [3.63, 3.8) is 0 Å². The molecule has 160 valence electrons. The topological polar surface area (TPSA) is 65.8 Å². The summed E-state index contributed by atoms with van der Waals surface area (Å²) in [7, 11) is 0. The summed E-state index contributed by atoms with van der Waals surface area (Å²) in [4.78, 5) is 17.7. The molecule has 2 aromatic carbocycles. The molecule has 2 aromatic rings. The Morgan fingerprint density at radius 3 is 2.07 bits per heavy atom. The SMILES string of the molecule is CC(C)=NC(=N)Cc1ccccc1.CC1CCN(C(=O)OCc2ccccc2)CC1. The highest BCUT2D eigenvalue weighted by molar-refractivity contribution is 5.95. The van der Waals surface area contributed by atoms with E-state index in [1.807, 2.05) is 79.4 Å². The average Bonchev–Trinajstić information content (AvgIpc) is 2.74. The van der Waals surface area contributed by atoms with Crippen molar-refractivity contribution in [1.29, 1.82) is 5.41 Å². The number of hydrogen-bond donors (Lipinski definition) is 1. The molecule has 1 aliphatic rings. The number of ether oxygens (including phenoxy) is 1. The highest BCUT2D eigenvalue weighted by Gasteiger charge is 2.21. The number of amidine groups is 1. The van der Waals surface area contributed by atoms with E-state index in [0.29, 0.717) is 18.9 Å². The Morgan fingerprint density at radius 2 is 1.53 bits per heavy atom. The maximum Gasteiger partial charge on any atom is 0.410 e. The summed E-state index contributed by atoms with van der Waals surface area (Å²) >= 11 is 0. The number of piperidine rings is 1. The van der Waals surface area contributed by atoms with E-state index in [1.54, 1.807) is 0 Å². The molecular formula is C25H33N3O2. The van der Waals surface area contributed by atoms with E-state index in [4.69, 9.17) is 10.1 Å². The molecule has 3 rings (SSSR count). The van der Waals surface area contributed by atoms with Gasteiger partial charge in [-0.05, 0) is 43.7 Å². The molecule has 0 unspecified atom stereocenters. The van der Waals surface area contributed by atoms with Crippen LogP contribution in [0.3, 0.4) is 0 Å². The minimum atomic E-state index is -0.180. The largest absolute Gasteiger partial charge is 0.445 e. The molecule has 0 radical (unpaired) electrons. The minimum Gasteiger partial charge on any atom is -0.445 e. The fourth-order valence-electron chi connectivity index (χ4n) is 3.10. The van der Waals surface area contributed by atoms with Crippen molar-refractivity contribution in [3.05, 3.63) is 71.8 Å². The molecule has 0 bridgehead atoms. The summed E-state index contributed by atoms with van der Waals surface area (Å²) in [6.07, 6.45) is 2.60. The number of hydrogen-bond acceptors (Lipinski definition) is 3. The standard InChI is InChI=1S/C14H19NO2.C11H14N2/c1-12-7-9-15(10-8-12)14(16)17-11-13-5-3-2-4-6-13;1-9(2)13-11(12)8-10-6-4-3-5-7-10/h2-6,12H,7-11H2,1H3;3-7,12H,8H2,1-2H3. The van der Waals surface area contributed by atoms with Gasteiger partial charge in [-0.2, -0.15) is 0 Å². The molecule has 0 aromatic heterocycles. The normalized spacial score (nSPS) is 13.6. The Bertz CT molecular complexity index is 807. The van der Waals surface area contributed by atoms with Crippen molar-refractivity contribution >= 4 is 17.6 Å². The van der Waals surface area contributed by atoms with Gasteiger partial charge in [0.25, 0.3) is 0 Å². The number of carbonyl (C=O) groups is 1. The molecule has 1 aliphatic heterocycles. The lowest BCUT2D eigenvalue weighted by Gasteiger charge is -2.29. The zero-order valence-corrected chi connectivity index (χ0v) is 18.3. The van der Waals surface area contributed by atoms with Crippen molar-refractivity contribution in [2.24, 2.45) is 10.9 Å². The van der Waals surface area contributed by atoms with E-state index in [0.717, 1.165) is 48.7 Å². The van der Waals surface area contributed by atoms with Crippen LogP contribution in [0.5, 0.6) is 0 Å². The van der Waals surface area contributed by atoms with Gasteiger partial charge < -0.3 is 9.64 Å². The van der Waals surface area contributed by atoms with Crippen molar-refractivity contribution in [3.8, 4) is 0 Å². The number of benzene rings is 2. The second-order valence-corrected chi connectivity index (χ2v) is 7.88. The van der Waals surface area contributed by atoms with Gasteiger partial charge in [-0.3, -0.25) is 5.41 Å². The van der Waals surface area contributed by atoms with Crippen LogP contribution in [0.4, 0.5) is 4.79 Å². The van der Waals surface area contributed by atoms with E-state index >= 15 is 0 Å². The van der Waals surface area contributed by atoms with Crippen LogP contribution in [0, 0.1) is 11.3 Å². The molecule has 0 aliphatic carbocycles. The second-order valence-electron chi connectivity index (χ2n) is 7.88. The summed E-state index contributed by atoms with van der Waals surface area (Å²) < 4.78 is 5.29. The first-order valence-electron chi connectivity index (χ1n) is 10.5. The number of aliphatic imine (C=N–C) groups is 1. The first-order chi connectivity index (χ1) is 14.4. The van der Waals surface area contributed by atoms with Gasteiger partial charge in [0, 0.05) is 25.2 Å². The van der Waals surface area contributed by atoms with E-state index in [2.05, 4.69) is 11.9 Å². The summed E-state index contributed by atoms with van der Waals surface area (Å²) in [6.45, 7) is 8.06. The van der Waals surface area contributed by atoms with Crippen LogP contribution in [0.2, 0.25) is 0 Å². The molecule has 0 spiro atoms. The lowest BCUT2D eigenvalue weighted by Crippen LogP contribution is -2.38. The third-order valence-electron chi connectivity index (χ3n) is 4.82. The first kappa shape index (κ1) is 23.3. The van der Waals surface area contributed by atoms with Crippen LogP contribution in [0.25, 0.3) is 0 Å². The number of nitrogens with one attached hydrogen (secondary N) is 1. The zero-order chi connectivity index (χ0) is 21.8. The van der Waals surface area contributed by atoms with E-state index in [9.17, 15) is 4.79 Å². The van der Waals surface area contributed by atoms with Crippen molar-refractivity contribution in [2.45, 2.75) is 46.6 Å².